The Bertz CT molecular complexity index is 346. The van der Waals surface area contributed by atoms with E-state index >= 15 is 0 Å². The summed E-state index contributed by atoms with van der Waals surface area (Å²) in [4.78, 5) is 2.58. The monoisotopic (exact) mass is 250 g/mol. The van der Waals surface area contributed by atoms with Gasteiger partial charge in [-0.05, 0) is 46.7 Å². The second kappa shape index (κ2) is 6.34. The smallest absolute Gasteiger partial charge is 0.0638 e. The fraction of sp³-hybridized carbons (Fsp3) is 0.786. The van der Waals surface area contributed by atoms with Crippen molar-refractivity contribution >= 4 is 0 Å². The summed E-state index contributed by atoms with van der Waals surface area (Å²) in [6.45, 7) is 11.1. The van der Waals surface area contributed by atoms with Gasteiger partial charge in [0.1, 0.15) is 0 Å². The summed E-state index contributed by atoms with van der Waals surface area (Å²) in [5, 5.41) is 10.9. The molecular weight excluding hydrogens is 224 g/mol. The first-order valence-corrected chi connectivity index (χ1v) is 7.13. The normalized spacial score (nSPS) is 19.1. The van der Waals surface area contributed by atoms with E-state index in [0.717, 1.165) is 18.8 Å². The van der Waals surface area contributed by atoms with Gasteiger partial charge < -0.3 is 10.2 Å². The molecule has 2 heterocycles. The zero-order valence-electron chi connectivity index (χ0n) is 11.9. The molecule has 0 radical (unpaired) electrons. The van der Waals surface area contributed by atoms with Crippen LogP contribution in [0.15, 0.2) is 0 Å². The first kappa shape index (κ1) is 13.6. The van der Waals surface area contributed by atoms with Crippen LogP contribution in [-0.4, -0.2) is 40.8 Å². The molecule has 1 atom stereocenters. The van der Waals surface area contributed by atoms with Crippen LogP contribution in [0.1, 0.15) is 43.1 Å². The molecule has 0 amide bonds. The predicted octanol–water partition coefficient (Wildman–Crippen LogP) is 1.99. The van der Waals surface area contributed by atoms with Crippen LogP contribution >= 0.6 is 0 Å². The summed E-state index contributed by atoms with van der Waals surface area (Å²) in [5.41, 5.74) is 3.62. The molecular formula is C14H26N4. The molecule has 2 rings (SSSR count). The van der Waals surface area contributed by atoms with E-state index in [1.165, 1.54) is 43.6 Å². The summed E-state index contributed by atoms with van der Waals surface area (Å²) in [6.07, 6.45) is 4.14. The minimum Gasteiger partial charge on any atom is -0.309 e. The highest BCUT2D eigenvalue weighted by atomic mass is 15.2. The van der Waals surface area contributed by atoms with Gasteiger partial charge in [0, 0.05) is 30.4 Å². The van der Waals surface area contributed by atoms with Crippen LogP contribution in [0.2, 0.25) is 0 Å². The van der Waals surface area contributed by atoms with Gasteiger partial charge in [0.25, 0.3) is 0 Å². The molecule has 0 saturated carbocycles. The van der Waals surface area contributed by atoms with E-state index in [-0.39, 0.29) is 0 Å². The second-order valence-electron chi connectivity index (χ2n) is 5.56. The molecule has 1 fully saturated rings. The third-order valence-electron chi connectivity index (χ3n) is 3.89. The molecule has 0 aromatic carbocycles. The van der Waals surface area contributed by atoms with E-state index in [1.54, 1.807) is 0 Å². The van der Waals surface area contributed by atoms with Gasteiger partial charge in [-0.15, -0.1) is 0 Å². The Morgan fingerprint density at radius 3 is 2.61 bits per heavy atom. The maximum Gasteiger partial charge on any atom is 0.0638 e. The second-order valence-corrected chi connectivity index (χ2v) is 5.56. The van der Waals surface area contributed by atoms with Gasteiger partial charge in [-0.3, -0.25) is 5.10 Å². The van der Waals surface area contributed by atoms with Crippen LogP contribution in [0.3, 0.4) is 0 Å². The molecule has 1 aliphatic rings. The average Bonchev–Trinajstić information content (AvgIpc) is 2.68. The summed E-state index contributed by atoms with van der Waals surface area (Å²) in [5.74, 6) is 0. The maximum atomic E-state index is 4.23. The van der Waals surface area contributed by atoms with Crippen LogP contribution in [-0.2, 0) is 6.54 Å². The molecule has 1 unspecified atom stereocenters. The Labute approximate surface area is 110 Å². The number of H-pyrrole nitrogens is 1. The lowest BCUT2D eigenvalue weighted by Gasteiger charge is -2.29. The lowest BCUT2D eigenvalue weighted by atomic mass is 10.1. The summed E-state index contributed by atoms with van der Waals surface area (Å²) >= 11 is 0. The zero-order chi connectivity index (χ0) is 13.0. The molecule has 0 aliphatic carbocycles. The van der Waals surface area contributed by atoms with E-state index in [9.17, 15) is 0 Å². The van der Waals surface area contributed by atoms with Gasteiger partial charge in [0.2, 0.25) is 0 Å². The van der Waals surface area contributed by atoms with Crippen molar-refractivity contribution in [3.8, 4) is 0 Å². The number of rotatable bonds is 5. The topological polar surface area (TPSA) is 44.0 Å². The van der Waals surface area contributed by atoms with Crippen molar-refractivity contribution in [2.75, 3.05) is 19.6 Å². The van der Waals surface area contributed by atoms with E-state index < -0.39 is 0 Å². The molecule has 2 N–H and O–H groups in total. The van der Waals surface area contributed by atoms with Crippen LogP contribution in [0.4, 0.5) is 0 Å². The molecule has 0 spiro atoms. The molecule has 1 aromatic rings. The Balaban J connectivity index is 1.75. The van der Waals surface area contributed by atoms with Crippen LogP contribution < -0.4 is 5.32 Å². The van der Waals surface area contributed by atoms with Gasteiger partial charge in [0.05, 0.1) is 5.69 Å². The lowest BCUT2D eigenvalue weighted by molar-refractivity contribution is 0.209. The zero-order valence-corrected chi connectivity index (χ0v) is 11.9. The highest BCUT2D eigenvalue weighted by Crippen LogP contribution is 2.11. The van der Waals surface area contributed by atoms with E-state index in [2.05, 4.69) is 41.2 Å². The lowest BCUT2D eigenvalue weighted by Crippen LogP contribution is -2.41. The third-order valence-corrected chi connectivity index (χ3v) is 3.89. The van der Waals surface area contributed by atoms with Gasteiger partial charge >= 0.3 is 0 Å². The SMILES string of the molecule is Cc1n[nH]c(C)c1CNC(C)CN1CCCCC1. The Kier molecular flexibility index (Phi) is 4.78. The molecule has 4 heteroatoms. The summed E-state index contributed by atoms with van der Waals surface area (Å²) < 4.78 is 0. The van der Waals surface area contributed by atoms with Crippen molar-refractivity contribution in [3.63, 3.8) is 0 Å². The summed E-state index contributed by atoms with van der Waals surface area (Å²) in [7, 11) is 0. The average molecular weight is 250 g/mol. The minimum absolute atomic E-state index is 0.539. The fourth-order valence-corrected chi connectivity index (χ4v) is 2.70. The number of hydrogen-bond donors (Lipinski definition) is 2. The van der Waals surface area contributed by atoms with Crippen LogP contribution in [0.25, 0.3) is 0 Å². The highest BCUT2D eigenvalue weighted by Gasteiger charge is 2.14. The van der Waals surface area contributed by atoms with E-state index in [1.807, 2.05) is 0 Å². The van der Waals surface area contributed by atoms with Crippen LogP contribution in [0, 0.1) is 13.8 Å². The molecule has 102 valence electrons. The first-order chi connectivity index (χ1) is 8.66. The van der Waals surface area contributed by atoms with Crippen molar-refractivity contribution in [2.24, 2.45) is 0 Å². The number of likely N-dealkylation sites (tertiary alicyclic amines) is 1. The molecule has 1 aliphatic heterocycles. The first-order valence-electron chi connectivity index (χ1n) is 7.13. The van der Waals surface area contributed by atoms with E-state index in [0.29, 0.717) is 6.04 Å². The number of nitrogens with zero attached hydrogens (tertiary/aromatic N) is 2. The Hall–Kier alpha value is -0.870. The van der Waals surface area contributed by atoms with Gasteiger partial charge in [0.15, 0.2) is 0 Å². The van der Waals surface area contributed by atoms with Crippen molar-refractivity contribution in [3.05, 3.63) is 17.0 Å². The van der Waals surface area contributed by atoms with Gasteiger partial charge in [-0.1, -0.05) is 6.42 Å². The molecule has 18 heavy (non-hydrogen) atoms. The van der Waals surface area contributed by atoms with Crippen molar-refractivity contribution in [1.82, 2.24) is 20.4 Å². The number of aromatic amines is 1. The van der Waals surface area contributed by atoms with Crippen molar-refractivity contribution in [1.29, 1.82) is 0 Å². The Morgan fingerprint density at radius 2 is 2.00 bits per heavy atom. The summed E-state index contributed by atoms with van der Waals surface area (Å²) in [6, 6.07) is 0.539. The number of nitrogens with one attached hydrogen (secondary N) is 2. The highest BCUT2D eigenvalue weighted by molar-refractivity contribution is 5.22. The van der Waals surface area contributed by atoms with Crippen LogP contribution in [0.5, 0.6) is 0 Å². The number of hydrogen-bond acceptors (Lipinski definition) is 3. The number of aryl methyl sites for hydroxylation is 2. The van der Waals surface area contributed by atoms with Crippen molar-refractivity contribution < 1.29 is 0 Å². The van der Waals surface area contributed by atoms with Gasteiger partial charge in [-0.2, -0.15) is 5.10 Å². The molecule has 4 nitrogen and oxygen atoms in total. The fourth-order valence-electron chi connectivity index (χ4n) is 2.70. The predicted molar refractivity (Wildman–Crippen MR) is 74.7 cm³/mol. The van der Waals surface area contributed by atoms with E-state index in [4.69, 9.17) is 0 Å². The quantitative estimate of drug-likeness (QED) is 0.840. The minimum atomic E-state index is 0.539. The molecule has 1 aromatic heterocycles. The van der Waals surface area contributed by atoms with Gasteiger partial charge in [-0.25, -0.2) is 0 Å². The molecule has 0 bridgehead atoms. The largest absolute Gasteiger partial charge is 0.309 e. The standard InChI is InChI=1S/C14H26N4/c1-11(10-18-7-5-4-6-8-18)15-9-14-12(2)16-17-13(14)3/h11,15H,4-10H2,1-3H3,(H,16,17). The number of aromatic nitrogens is 2. The molecule has 1 saturated heterocycles. The third kappa shape index (κ3) is 3.56. The Morgan fingerprint density at radius 1 is 1.28 bits per heavy atom. The maximum absolute atomic E-state index is 4.23. The number of piperidine rings is 1. The van der Waals surface area contributed by atoms with Crippen molar-refractivity contribution in [2.45, 2.75) is 52.6 Å².